The molecule has 0 radical (unpaired) electrons. The topological polar surface area (TPSA) is 20.2 Å². The fraction of sp³-hybridized carbons (Fsp3) is 1.00. The van der Waals surface area contributed by atoms with Gasteiger partial charge < -0.3 is 5.11 Å². The third kappa shape index (κ3) is 3.76. The van der Waals surface area contributed by atoms with Crippen LogP contribution in [0.15, 0.2) is 0 Å². The normalized spacial score (nSPS) is 48.0. The molecule has 0 bridgehead atoms. The van der Waals surface area contributed by atoms with Gasteiger partial charge in [0, 0.05) is 0 Å². The summed E-state index contributed by atoms with van der Waals surface area (Å²) in [6.07, 6.45) is 16.8. The van der Waals surface area contributed by atoms with Crippen molar-refractivity contribution in [3.8, 4) is 0 Å². The molecule has 0 heterocycles. The van der Waals surface area contributed by atoms with Gasteiger partial charge in [-0.15, -0.1) is 0 Å². The molecule has 0 aromatic rings. The fourth-order valence-electron chi connectivity index (χ4n) is 8.70. The van der Waals surface area contributed by atoms with Crippen LogP contribution in [0.4, 0.5) is 0 Å². The Morgan fingerprint density at radius 1 is 0.852 bits per heavy atom. The molecule has 0 spiro atoms. The first-order chi connectivity index (χ1) is 12.9. The average Bonchev–Trinajstić information content (AvgIpc) is 3.06. The van der Waals surface area contributed by atoms with Gasteiger partial charge in [-0.3, -0.25) is 0 Å². The Balaban J connectivity index is 1.40. The van der Waals surface area contributed by atoms with Gasteiger partial charge in [-0.2, -0.15) is 0 Å². The van der Waals surface area contributed by atoms with Crippen molar-refractivity contribution in [1.82, 2.24) is 0 Å². The van der Waals surface area contributed by atoms with Crippen molar-refractivity contribution >= 4 is 0 Å². The van der Waals surface area contributed by atoms with E-state index < -0.39 is 0 Å². The zero-order chi connectivity index (χ0) is 19.2. The molecule has 1 nitrogen and oxygen atoms in total. The van der Waals surface area contributed by atoms with Gasteiger partial charge in [0.25, 0.3) is 0 Å². The highest BCUT2D eigenvalue weighted by atomic mass is 16.3. The smallest absolute Gasteiger partial charge is 0.0543 e. The summed E-state index contributed by atoms with van der Waals surface area (Å²) in [5.41, 5.74) is 0.550. The van der Waals surface area contributed by atoms with Gasteiger partial charge in [-0.25, -0.2) is 0 Å². The molecule has 0 saturated heterocycles. The fourth-order valence-corrected chi connectivity index (χ4v) is 8.70. The number of aliphatic hydroxyl groups excluding tert-OH is 1. The second kappa shape index (κ2) is 8.00. The van der Waals surface area contributed by atoms with Crippen molar-refractivity contribution in [2.24, 2.45) is 52.8 Å². The molecular formula is C26H46O. The van der Waals surface area contributed by atoms with E-state index in [1.54, 1.807) is 0 Å². The van der Waals surface area contributed by atoms with E-state index in [-0.39, 0.29) is 6.10 Å². The number of hydrogen-bond donors (Lipinski definition) is 1. The van der Waals surface area contributed by atoms with E-state index in [9.17, 15) is 5.11 Å². The molecule has 4 aliphatic rings. The van der Waals surface area contributed by atoms with Crippen LogP contribution in [0.1, 0.15) is 105 Å². The van der Waals surface area contributed by atoms with Crippen LogP contribution in [0.2, 0.25) is 0 Å². The number of aliphatic hydroxyl groups is 1. The monoisotopic (exact) mass is 374 g/mol. The van der Waals surface area contributed by atoms with E-state index in [0.717, 1.165) is 60.2 Å². The molecular weight excluding hydrogens is 328 g/mol. The first-order valence-electron chi connectivity index (χ1n) is 12.6. The SMILES string of the molecule is CC(C)CCC[C@@H](C)C1CCC2C1CCC1C2CCC2CC(O)CCC21C. The van der Waals surface area contributed by atoms with Crippen molar-refractivity contribution in [3.63, 3.8) is 0 Å². The maximum absolute atomic E-state index is 10.2. The lowest BCUT2D eigenvalue weighted by Crippen LogP contribution is -2.52. The summed E-state index contributed by atoms with van der Waals surface area (Å²) < 4.78 is 0. The molecule has 27 heavy (non-hydrogen) atoms. The lowest BCUT2D eigenvalue weighted by Gasteiger charge is -2.59. The summed E-state index contributed by atoms with van der Waals surface area (Å²) in [5, 5.41) is 10.2. The third-order valence-electron chi connectivity index (χ3n) is 10.2. The second-order valence-corrected chi connectivity index (χ2v) is 11.9. The Labute approximate surface area is 169 Å². The Bertz CT molecular complexity index is 498. The molecule has 1 heteroatoms. The third-order valence-corrected chi connectivity index (χ3v) is 10.2. The van der Waals surface area contributed by atoms with Crippen LogP contribution in [0.5, 0.6) is 0 Å². The summed E-state index contributed by atoms with van der Waals surface area (Å²) in [4.78, 5) is 0. The van der Waals surface area contributed by atoms with Crippen LogP contribution >= 0.6 is 0 Å². The molecule has 1 N–H and O–H groups in total. The minimum absolute atomic E-state index is 0.00138. The largest absolute Gasteiger partial charge is 0.393 e. The number of fused-ring (bicyclic) bond motifs is 5. The summed E-state index contributed by atoms with van der Waals surface area (Å²) in [6, 6.07) is 0. The van der Waals surface area contributed by atoms with Gasteiger partial charge >= 0.3 is 0 Å². The Hall–Kier alpha value is -0.0400. The predicted molar refractivity (Wildman–Crippen MR) is 114 cm³/mol. The van der Waals surface area contributed by atoms with E-state index in [4.69, 9.17) is 0 Å². The molecule has 4 aliphatic carbocycles. The molecule has 0 aromatic heterocycles. The van der Waals surface area contributed by atoms with Crippen molar-refractivity contribution in [2.45, 2.75) is 111 Å². The zero-order valence-corrected chi connectivity index (χ0v) is 18.6. The molecule has 0 aliphatic heterocycles. The van der Waals surface area contributed by atoms with E-state index in [1.807, 2.05) is 0 Å². The van der Waals surface area contributed by atoms with Crippen LogP contribution in [-0.2, 0) is 0 Å². The van der Waals surface area contributed by atoms with E-state index >= 15 is 0 Å². The van der Waals surface area contributed by atoms with Crippen LogP contribution in [0.3, 0.4) is 0 Å². The Morgan fingerprint density at radius 2 is 1.59 bits per heavy atom. The van der Waals surface area contributed by atoms with Gasteiger partial charge in [-0.05, 0) is 111 Å². The Kier molecular flexibility index (Phi) is 6.00. The Morgan fingerprint density at radius 3 is 2.37 bits per heavy atom. The predicted octanol–water partition coefficient (Wildman–Crippen LogP) is 7.08. The number of rotatable bonds is 5. The van der Waals surface area contributed by atoms with Crippen LogP contribution in [0, 0.1) is 52.8 Å². The summed E-state index contributed by atoms with van der Waals surface area (Å²) in [7, 11) is 0. The summed E-state index contributed by atoms with van der Waals surface area (Å²) >= 11 is 0. The molecule has 8 unspecified atom stereocenters. The highest BCUT2D eigenvalue weighted by Crippen LogP contribution is 2.64. The van der Waals surface area contributed by atoms with E-state index in [0.29, 0.717) is 5.41 Å². The van der Waals surface area contributed by atoms with Gasteiger partial charge in [0.05, 0.1) is 6.10 Å². The number of hydrogen-bond acceptors (Lipinski definition) is 1. The molecule has 4 rings (SSSR count). The first kappa shape index (κ1) is 20.2. The van der Waals surface area contributed by atoms with E-state index in [1.165, 1.54) is 64.2 Å². The van der Waals surface area contributed by atoms with Crippen molar-refractivity contribution in [2.75, 3.05) is 0 Å². The van der Waals surface area contributed by atoms with E-state index in [2.05, 4.69) is 27.7 Å². The van der Waals surface area contributed by atoms with Crippen LogP contribution < -0.4 is 0 Å². The second-order valence-electron chi connectivity index (χ2n) is 11.9. The molecule has 156 valence electrons. The molecule has 9 atom stereocenters. The first-order valence-corrected chi connectivity index (χ1v) is 12.6. The standard InChI is InChI=1S/C26H46O/c1-17(2)6-5-7-18(3)21-10-11-23-22(21)12-13-25-24(23)9-8-19-16-20(27)14-15-26(19,25)4/h17-25,27H,5-16H2,1-4H3/t18-,19?,20?,21?,22?,23?,24?,25?,26?/m1/s1. The van der Waals surface area contributed by atoms with Crippen LogP contribution in [-0.4, -0.2) is 11.2 Å². The van der Waals surface area contributed by atoms with Gasteiger partial charge in [0.2, 0.25) is 0 Å². The highest BCUT2D eigenvalue weighted by Gasteiger charge is 2.56. The van der Waals surface area contributed by atoms with Gasteiger partial charge in [-0.1, -0.05) is 47.0 Å². The lowest BCUT2D eigenvalue weighted by atomic mass is 9.47. The molecule has 4 fully saturated rings. The van der Waals surface area contributed by atoms with Gasteiger partial charge in [0.15, 0.2) is 0 Å². The quantitative estimate of drug-likeness (QED) is 0.545. The molecule has 0 amide bonds. The minimum Gasteiger partial charge on any atom is -0.393 e. The highest BCUT2D eigenvalue weighted by molar-refractivity contribution is 5.06. The van der Waals surface area contributed by atoms with Crippen molar-refractivity contribution < 1.29 is 5.11 Å². The zero-order valence-electron chi connectivity index (χ0n) is 18.6. The van der Waals surface area contributed by atoms with Gasteiger partial charge in [0.1, 0.15) is 0 Å². The van der Waals surface area contributed by atoms with Crippen LogP contribution in [0.25, 0.3) is 0 Å². The lowest BCUT2D eigenvalue weighted by molar-refractivity contribution is -0.109. The van der Waals surface area contributed by atoms with Crippen molar-refractivity contribution in [1.29, 1.82) is 0 Å². The molecule has 0 aromatic carbocycles. The van der Waals surface area contributed by atoms with Crippen molar-refractivity contribution in [3.05, 3.63) is 0 Å². The maximum Gasteiger partial charge on any atom is 0.0543 e. The minimum atomic E-state index is -0.00138. The maximum atomic E-state index is 10.2. The summed E-state index contributed by atoms with van der Waals surface area (Å²) in [5.74, 6) is 7.75. The summed E-state index contributed by atoms with van der Waals surface area (Å²) in [6.45, 7) is 9.96. The average molecular weight is 375 g/mol. The molecule has 4 saturated carbocycles.